The number of aliphatic carboxylic acids is 1. The predicted octanol–water partition coefficient (Wildman–Crippen LogP) is 1.88. The van der Waals surface area contributed by atoms with Crippen LogP contribution in [0.5, 0.6) is 5.75 Å². The van der Waals surface area contributed by atoms with Gasteiger partial charge in [0.05, 0.1) is 12.8 Å². The summed E-state index contributed by atoms with van der Waals surface area (Å²) in [4.78, 5) is 21.2. The molecule has 0 fully saturated rings. The molecule has 5 heteroatoms. The summed E-state index contributed by atoms with van der Waals surface area (Å²) in [7, 11) is 0. The average molecular weight is 231 g/mol. The van der Waals surface area contributed by atoms with E-state index >= 15 is 0 Å². The lowest BCUT2D eigenvalue weighted by Gasteiger charge is -2.01. The second-order valence-electron chi connectivity index (χ2n) is 2.68. The molecule has 0 heterocycles. The fraction of sp³-hybridized carbons (Fsp3) is 0.200. The third-order valence-corrected chi connectivity index (χ3v) is 1.52. The third kappa shape index (κ3) is 5.70. The van der Waals surface area contributed by atoms with Crippen molar-refractivity contribution < 1.29 is 19.4 Å². The van der Waals surface area contributed by atoms with Gasteiger partial charge in [-0.05, 0) is 12.1 Å². The zero-order valence-corrected chi connectivity index (χ0v) is 8.70. The Hall–Kier alpha value is -1.55. The first kappa shape index (κ1) is 13.4. The Balaban J connectivity index is 0.00000196. The molecule has 82 valence electrons. The zero-order valence-electron chi connectivity index (χ0n) is 7.88. The van der Waals surface area contributed by atoms with Gasteiger partial charge in [0.15, 0.2) is 0 Å². The maximum absolute atomic E-state index is 11.0. The second kappa shape index (κ2) is 6.84. The number of para-hydroxylation sites is 1. The summed E-state index contributed by atoms with van der Waals surface area (Å²) in [6, 6.07) is 8.55. The Morgan fingerprint density at radius 2 is 1.73 bits per heavy atom. The minimum absolute atomic E-state index is 0. The summed E-state index contributed by atoms with van der Waals surface area (Å²) >= 11 is 0. The van der Waals surface area contributed by atoms with Crippen LogP contribution in [0.15, 0.2) is 30.3 Å². The van der Waals surface area contributed by atoms with E-state index in [1.165, 1.54) is 0 Å². The molecule has 0 aromatic heterocycles. The molecule has 0 radical (unpaired) electrons. The van der Waals surface area contributed by atoms with E-state index < -0.39 is 11.9 Å². The summed E-state index contributed by atoms with van der Waals surface area (Å²) in [6.07, 6.45) is -0.310. The van der Waals surface area contributed by atoms with Crippen molar-refractivity contribution in [1.29, 1.82) is 0 Å². The first-order valence-electron chi connectivity index (χ1n) is 4.16. The van der Waals surface area contributed by atoms with Gasteiger partial charge in [-0.15, -0.1) is 12.4 Å². The monoisotopic (exact) mass is 230 g/mol. The molecule has 1 rings (SSSR count). The van der Waals surface area contributed by atoms with Crippen LogP contribution in [0.4, 0.5) is 0 Å². The Labute approximate surface area is 93.3 Å². The van der Waals surface area contributed by atoms with E-state index in [2.05, 4.69) is 0 Å². The molecule has 0 spiro atoms. The van der Waals surface area contributed by atoms with Crippen LogP contribution in [-0.4, -0.2) is 17.0 Å². The number of esters is 1. The molecule has 0 aliphatic carbocycles. The van der Waals surface area contributed by atoms with Crippen molar-refractivity contribution >= 4 is 24.3 Å². The highest BCUT2D eigenvalue weighted by atomic mass is 35.5. The number of rotatable bonds is 4. The number of ether oxygens (including phenoxy) is 1. The summed E-state index contributed by atoms with van der Waals surface area (Å²) in [5, 5.41) is 8.32. The van der Waals surface area contributed by atoms with Crippen LogP contribution in [-0.2, 0) is 9.59 Å². The van der Waals surface area contributed by atoms with Gasteiger partial charge in [-0.2, -0.15) is 0 Å². The van der Waals surface area contributed by atoms with Crippen molar-refractivity contribution in [3.05, 3.63) is 30.3 Å². The minimum Gasteiger partial charge on any atom is -0.481 e. The minimum atomic E-state index is -1.00. The maximum Gasteiger partial charge on any atom is 0.311 e. The zero-order chi connectivity index (χ0) is 10.4. The molecular weight excluding hydrogens is 220 g/mol. The number of carbonyl (C=O) groups is 2. The van der Waals surface area contributed by atoms with Gasteiger partial charge in [0.2, 0.25) is 0 Å². The fourth-order valence-electron chi connectivity index (χ4n) is 0.880. The number of carboxylic acids is 1. The molecule has 1 N–H and O–H groups in total. The largest absolute Gasteiger partial charge is 0.481 e. The second-order valence-corrected chi connectivity index (χ2v) is 2.68. The average Bonchev–Trinajstić information content (AvgIpc) is 2.16. The molecule has 0 saturated carbocycles. The Morgan fingerprint density at radius 1 is 1.13 bits per heavy atom. The highest BCUT2D eigenvalue weighted by Gasteiger charge is 2.06. The van der Waals surface area contributed by atoms with Crippen LogP contribution >= 0.6 is 12.4 Å². The fourth-order valence-corrected chi connectivity index (χ4v) is 0.880. The van der Waals surface area contributed by atoms with Gasteiger partial charge in [-0.1, -0.05) is 18.2 Å². The molecule has 0 aliphatic rings. The molecule has 0 amide bonds. The molecule has 0 atom stereocenters. The van der Waals surface area contributed by atoms with E-state index in [0.717, 1.165) is 0 Å². The van der Waals surface area contributed by atoms with E-state index in [1.807, 2.05) is 0 Å². The maximum atomic E-state index is 11.0. The molecular formula is C10H11ClO4. The lowest BCUT2D eigenvalue weighted by Crippen LogP contribution is -2.09. The highest BCUT2D eigenvalue weighted by molar-refractivity contribution is 5.85. The van der Waals surface area contributed by atoms with Gasteiger partial charge < -0.3 is 9.84 Å². The van der Waals surface area contributed by atoms with E-state index in [0.29, 0.717) is 5.75 Å². The highest BCUT2D eigenvalue weighted by Crippen LogP contribution is 2.09. The summed E-state index contributed by atoms with van der Waals surface area (Å²) < 4.78 is 4.86. The molecule has 0 unspecified atom stereocenters. The van der Waals surface area contributed by atoms with Crippen molar-refractivity contribution in [1.82, 2.24) is 0 Å². The number of carbonyl (C=O) groups excluding carboxylic acids is 1. The van der Waals surface area contributed by atoms with E-state index in [4.69, 9.17) is 9.84 Å². The topological polar surface area (TPSA) is 63.6 Å². The molecule has 0 bridgehead atoms. The van der Waals surface area contributed by atoms with Crippen molar-refractivity contribution in [3.63, 3.8) is 0 Å². The molecule has 0 aliphatic heterocycles. The van der Waals surface area contributed by atoms with Crippen LogP contribution in [0.2, 0.25) is 0 Å². The third-order valence-electron chi connectivity index (χ3n) is 1.52. The van der Waals surface area contributed by atoms with Crippen LogP contribution in [0.25, 0.3) is 0 Å². The Bertz CT molecular complexity index is 323. The number of carboxylic acid groups (broad SMARTS) is 1. The van der Waals surface area contributed by atoms with Crippen LogP contribution in [0.1, 0.15) is 12.8 Å². The van der Waals surface area contributed by atoms with Gasteiger partial charge in [0.1, 0.15) is 5.75 Å². The summed E-state index contributed by atoms with van der Waals surface area (Å²) in [5.41, 5.74) is 0. The molecule has 1 aromatic carbocycles. The van der Waals surface area contributed by atoms with Crippen LogP contribution in [0.3, 0.4) is 0 Å². The molecule has 4 nitrogen and oxygen atoms in total. The number of hydrogen-bond donors (Lipinski definition) is 1. The van der Waals surface area contributed by atoms with Crippen molar-refractivity contribution in [2.24, 2.45) is 0 Å². The van der Waals surface area contributed by atoms with Crippen molar-refractivity contribution in [3.8, 4) is 5.75 Å². The normalized spacial score (nSPS) is 8.80. The van der Waals surface area contributed by atoms with Gasteiger partial charge in [-0.25, -0.2) is 0 Å². The summed E-state index contributed by atoms with van der Waals surface area (Å²) in [5.74, 6) is -1.10. The molecule has 15 heavy (non-hydrogen) atoms. The Kier molecular flexibility index (Phi) is 6.13. The van der Waals surface area contributed by atoms with Gasteiger partial charge in [0.25, 0.3) is 0 Å². The van der Waals surface area contributed by atoms with E-state index in [-0.39, 0.29) is 25.2 Å². The standard InChI is InChI=1S/C10H10O4.ClH/c11-9(12)6-7-10(13)14-8-4-2-1-3-5-8;/h1-5H,6-7H2,(H,11,12);1H. The van der Waals surface area contributed by atoms with Gasteiger partial charge in [-0.3, -0.25) is 9.59 Å². The summed E-state index contributed by atoms with van der Waals surface area (Å²) in [6.45, 7) is 0. The smallest absolute Gasteiger partial charge is 0.311 e. The van der Waals surface area contributed by atoms with E-state index in [1.54, 1.807) is 30.3 Å². The SMILES string of the molecule is Cl.O=C(O)CCC(=O)Oc1ccccc1. The van der Waals surface area contributed by atoms with Crippen LogP contribution < -0.4 is 4.74 Å². The number of hydrogen-bond acceptors (Lipinski definition) is 3. The van der Waals surface area contributed by atoms with Gasteiger partial charge in [0, 0.05) is 0 Å². The van der Waals surface area contributed by atoms with Gasteiger partial charge >= 0.3 is 11.9 Å². The van der Waals surface area contributed by atoms with E-state index in [9.17, 15) is 9.59 Å². The quantitative estimate of drug-likeness (QED) is 0.634. The molecule has 1 aromatic rings. The Morgan fingerprint density at radius 3 is 2.27 bits per heavy atom. The number of halogens is 1. The first-order chi connectivity index (χ1) is 6.68. The predicted molar refractivity (Wildman–Crippen MR) is 56.2 cm³/mol. The van der Waals surface area contributed by atoms with Crippen molar-refractivity contribution in [2.75, 3.05) is 0 Å². The number of benzene rings is 1. The molecule has 0 saturated heterocycles. The first-order valence-corrected chi connectivity index (χ1v) is 4.16. The lowest BCUT2D eigenvalue weighted by atomic mass is 10.3. The van der Waals surface area contributed by atoms with Crippen LogP contribution in [0, 0.1) is 0 Å². The van der Waals surface area contributed by atoms with Crippen molar-refractivity contribution in [2.45, 2.75) is 12.8 Å². The lowest BCUT2D eigenvalue weighted by molar-refractivity contribution is -0.142.